The molecule has 0 aliphatic rings. The largest absolute Gasteiger partial charge is 0.496 e. The second-order valence-electron chi connectivity index (χ2n) is 5.73. The van der Waals surface area contributed by atoms with Crippen LogP contribution in [-0.4, -0.2) is 25.1 Å². The summed E-state index contributed by atoms with van der Waals surface area (Å²) in [5.41, 5.74) is -2.06. The van der Waals surface area contributed by atoms with Crippen LogP contribution in [0.4, 0.5) is 24.5 Å². The molecule has 0 spiro atoms. The third kappa shape index (κ3) is 5.05. The second kappa shape index (κ2) is 8.95. The molecule has 1 amide bonds. The van der Waals surface area contributed by atoms with Crippen LogP contribution in [0.2, 0.25) is 0 Å². The lowest BCUT2D eigenvalue weighted by molar-refractivity contribution is -0.385. The molecule has 30 heavy (non-hydrogen) atoms. The van der Waals surface area contributed by atoms with Gasteiger partial charge in [-0.15, -0.1) is 0 Å². The number of nitrogens with one attached hydrogen (secondary N) is 1. The van der Waals surface area contributed by atoms with Gasteiger partial charge >= 0.3 is 11.9 Å². The van der Waals surface area contributed by atoms with E-state index in [1.54, 1.807) is 6.07 Å². The minimum Gasteiger partial charge on any atom is -0.496 e. The predicted octanol–water partition coefficient (Wildman–Crippen LogP) is 4.18. The third-order valence-electron chi connectivity index (χ3n) is 3.84. The Hall–Kier alpha value is -4.07. The molecular formula is C19H14F3N3O5. The first-order chi connectivity index (χ1) is 14.1. The number of nitriles is 1. The first-order valence-corrected chi connectivity index (χ1v) is 8.11. The maximum atomic E-state index is 12.8. The Morgan fingerprint density at radius 3 is 2.40 bits per heavy atom. The highest BCUT2D eigenvalue weighted by Crippen LogP contribution is 2.35. The van der Waals surface area contributed by atoms with Crippen LogP contribution < -0.4 is 14.8 Å². The van der Waals surface area contributed by atoms with Gasteiger partial charge in [0.05, 0.1) is 24.7 Å². The van der Waals surface area contributed by atoms with Crippen LogP contribution in [-0.2, 0) is 11.0 Å². The van der Waals surface area contributed by atoms with Gasteiger partial charge in [0.1, 0.15) is 17.4 Å². The second-order valence-corrected chi connectivity index (χ2v) is 5.73. The average Bonchev–Trinajstić information content (AvgIpc) is 2.70. The molecule has 2 aromatic carbocycles. The first-order valence-electron chi connectivity index (χ1n) is 8.11. The number of rotatable bonds is 6. The number of alkyl halides is 3. The van der Waals surface area contributed by atoms with Gasteiger partial charge in [0.15, 0.2) is 0 Å². The number of benzene rings is 2. The summed E-state index contributed by atoms with van der Waals surface area (Å²) in [6.45, 7) is 0. The van der Waals surface area contributed by atoms with E-state index in [1.165, 1.54) is 26.4 Å². The minimum absolute atomic E-state index is 0.0285. The van der Waals surface area contributed by atoms with Crippen molar-refractivity contribution in [2.24, 2.45) is 0 Å². The molecule has 0 heterocycles. The fourth-order valence-corrected chi connectivity index (χ4v) is 2.44. The molecule has 0 unspecified atom stereocenters. The van der Waals surface area contributed by atoms with Gasteiger partial charge in [-0.25, -0.2) is 0 Å². The van der Waals surface area contributed by atoms with E-state index in [2.05, 4.69) is 5.32 Å². The topological polar surface area (TPSA) is 114 Å². The first kappa shape index (κ1) is 22.2. The molecule has 0 fully saturated rings. The average molecular weight is 421 g/mol. The van der Waals surface area contributed by atoms with Crippen molar-refractivity contribution < 1.29 is 32.4 Å². The highest BCUT2D eigenvalue weighted by molar-refractivity contribution is 6.10. The Morgan fingerprint density at radius 2 is 1.87 bits per heavy atom. The Kier molecular flexibility index (Phi) is 6.63. The number of nitro groups is 1. The van der Waals surface area contributed by atoms with E-state index >= 15 is 0 Å². The maximum absolute atomic E-state index is 12.8. The molecule has 0 radical (unpaired) electrons. The molecule has 0 saturated carbocycles. The van der Waals surface area contributed by atoms with E-state index in [0.717, 1.165) is 24.3 Å². The molecule has 2 rings (SSSR count). The molecule has 0 aliphatic carbocycles. The quantitative estimate of drug-likeness (QED) is 0.324. The smallest absolute Gasteiger partial charge is 0.416 e. The van der Waals surface area contributed by atoms with E-state index in [0.29, 0.717) is 6.07 Å². The number of hydrogen-bond donors (Lipinski definition) is 1. The number of amides is 1. The summed E-state index contributed by atoms with van der Waals surface area (Å²) in [5.74, 6) is -1.02. The van der Waals surface area contributed by atoms with E-state index < -0.39 is 33.8 Å². The van der Waals surface area contributed by atoms with Crippen LogP contribution >= 0.6 is 0 Å². The Balaban J connectivity index is 2.42. The molecule has 0 bridgehead atoms. The van der Waals surface area contributed by atoms with Gasteiger partial charge in [-0.3, -0.25) is 14.9 Å². The molecule has 8 nitrogen and oxygen atoms in total. The van der Waals surface area contributed by atoms with Gasteiger partial charge in [-0.05, 0) is 24.3 Å². The van der Waals surface area contributed by atoms with Crippen LogP contribution in [0.3, 0.4) is 0 Å². The summed E-state index contributed by atoms with van der Waals surface area (Å²) in [6, 6.07) is 7.74. The fraction of sp³-hybridized carbons (Fsp3) is 0.158. The van der Waals surface area contributed by atoms with Crippen molar-refractivity contribution in [2.45, 2.75) is 6.18 Å². The van der Waals surface area contributed by atoms with Crippen molar-refractivity contribution in [3.63, 3.8) is 0 Å². The highest BCUT2D eigenvalue weighted by atomic mass is 19.4. The number of nitro benzene ring substituents is 1. The van der Waals surface area contributed by atoms with Crippen molar-refractivity contribution >= 4 is 23.4 Å². The standard InChI is InChI=1S/C19H14F3N3O5/c1-29-16-9-17(30-2)15(25(27)28)7-11(16)6-12(10-23)18(26)24-14-5-3-4-13(8-14)19(20,21)22/h3-9H,1-2H3,(H,24,26)/b12-6-. The van der Waals surface area contributed by atoms with Gasteiger partial charge in [-0.2, -0.15) is 18.4 Å². The van der Waals surface area contributed by atoms with E-state index in [-0.39, 0.29) is 22.7 Å². The van der Waals surface area contributed by atoms with Crippen molar-refractivity contribution in [2.75, 3.05) is 19.5 Å². The lowest BCUT2D eigenvalue weighted by Gasteiger charge is -2.10. The number of halogens is 3. The van der Waals surface area contributed by atoms with Crippen LogP contribution in [0.1, 0.15) is 11.1 Å². The van der Waals surface area contributed by atoms with Crippen LogP contribution in [0.5, 0.6) is 11.5 Å². The summed E-state index contributed by atoms with van der Waals surface area (Å²) < 4.78 is 48.5. The molecular weight excluding hydrogens is 407 g/mol. The van der Waals surface area contributed by atoms with Crippen LogP contribution in [0.25, 0.3) is 6.08 Å². The summed E-state index contributed by atoms with van der Waals surface area (Å²) in [7, 11) is 2.49. The predicted molar refractivity (Wildman–Crippen MR) is 99.9 cm³/mol. The summed E-state index contributed by atoms with van der Waals surface area (Å²) >= 11 is 0. The lowest BCUT2D eigenvalue weighted by atomic mass is 10.1. The Labute approximate surface area is 168 Å². The zero-order chi connectivity index (χ0) is 22.5. The van der Waals surface area contributed by atoms with Crippen LogP contribution in [0, 0.1) is 21.4 Å². The van der Waals surface area contributed by atoms with Gasteiger partial charge in [0.2, 0.25) is 5.75 Å². The molecule has 0 aliphatic heterocycles. The number of nitrogens with zero attached hydrogens (tertiary/aromatic N) is 2. The normalized spacial score (nSPS) is 11.4. The summed E-state index contributed by atoms with van der Waals surface area (Å²) in [5, 5.41) is 22.7. The number of hydrogen-bond acceptors (Lipinski definition) is 6. The van der Waals surface area contributed by atoms with Crippen molar-refractivity contribution in [1.29, 1.82) is 5.26 Å². The number of methoxy groups -OCH3 is 2. The van der Waals surface area contributed by atoms with Crippen LogP contribution in [0.15, 0.2) is 42.0 Å². The van der Waals surface area contributed by atoms with E-state index in [9.17, 15) is 33.3 Å². The Morgan fingerprint density at radius 1 is 1.20 bits per heavy atom. The van der Waals surface area contributed by atoms with Gasteiger partial charge in [0, 0.05) is 23.4 Å². The molecule has 1 N–H and O–H groups in total. The number of carbonyl (C=O) groups is 1. The monoisotopic (exact) mass is 421 g/mol. The van der Waals surface area contributed by atoms with E-state index in [4.69, 9.17) is 9.47 Å². The maximum Gasteiger partial charge on any atom is 0.416 e. The minimum atomic E-state index is -4.61. The van der Waals surface area contributed by atoms with Crippen molar-refractivity contribution in [3.05, 3.63) is 63.2 Å². The zero-order valence-corrected chi connectivity index (χ0v) is 15.6. The zero-order valence-electron chi connectivity index (χ0n) is 15.6. The number of anilines is 1. The summed E-state index contributed by atoms with van der Waals surface area (Å²) in [6.07, 6.45) is -3.59. The molecule has 11 heteroatoms. The molecule has 0 saturated heterocycles. The Bertz CT molecular complexity index is 1060. The molecule has 0 atom stereocenters. The van der Waals surface area contributed by atoms with Gasteiger partial charge in [0.25, 0.3) is 5.91 Å². The number of carbonyl (C=O) groups excluding carboxylic acids is 1. The molecule has 2 aromatic rings. The molecule has 156 valence electrons. The molecule has 0 aromatic heterocycles. The highest BCUT2D eigenvalue weighted by Gasteiger charge is 2.30. The SMILES string of the molecule is COc1cc(OC)c([N+](=O)[O-])cc1/C=C(/C#N)C(=O)Nc1cccc(C(F)(F)F)c1. The van der Waals surface area contributed by atoms with Gasteiger partial charge in [-0.1, -0.05) is 6.07 Å². The fourth-order valence-electron chi connectivity index (χ4n) is 2.44. The van der Waals surface area contributed by atoms with E-state index in [1.807, 2.05) is 0 Å². The van der Waals surface area contributed by atoms with Crippen molar-refractivity contribution in [1.82, 2.24) is 0 Å². The lowest BCUT2D eigenvalue weighted by Crippen LogP contribution is -2.14. The number of ether oxygens (including phenoxy) is 2. The van der Waals surface area contributed by atoms with Gasteiger partial charge < -0.3 is 14.8 Å². The van der Waals surface area contributed by atoms with Crippen molar-refractivity contribution in [3.8, 4) is 17.6 Å². The summed E-state index contributed by atoms with van der Waals surface area (Å²) in [4.78, 5) is 22.9. The third-order valence-corrected chi connectivity index (χ3v) is 3.84.